The van der Waals surface area contributed by atoms with Crippen LogP contribution in [-0.4, -0.2) is 23.3 Å². The molecule has 1 saturated heterocycles. The molecule has 2 fully saturated rings. The van der Waals surface area contributed by atoms with Crippen molar-refractivity contribution in [2.24, 2.45) is 11.8 Å². The van der Waals surface area contributed by atoms with Crippen molar-refractivity contribution in [2.75, 3.05) is 0 Å². The number of carbonyl (C=O) groups is 1. The molecule has 1 aliphatic heterocycles. The maximum Gasteiger partial charge on any atom is 0.306 e. The zero-order valence-corrected chi connectivity index (χ0v) is 7.98. The highest BCUT2D eigenvalue weighted by Gasteiger charge is 2.49. The summed E-state index contributed by atoms with van der Waals surface area (Å²) in [6.45, 7) is 0. The Morgan fingerprint density at radius 1 is 1.43 bits per heavy atom. The van der Waals surface area contributed by atoms with Gasteiger partial charge in [-0.05, 0) is 19.3 Å². The molecule has 3 nitrogen and oxygen atoms in total. The van der Waals surface area contributed by atoms with E-state index in [4.69, 9.17) is 4.74 Å². The van der Waals surface area contributed by atoms with Gasteiger partial charge in [0.15, 0.2) is 0 Å². The third-order valence-corrected chi connectivity index (χ3v) is 3.79. The molecule has 1 saturated carbocycles. The molecule has 76 valence electrons. The fourth-order valence-corrected chi connectivity index (χ4v) is 3.12. The summed E-state index contributed by atoms with van der Waals surface area (Å²) in [5, 5.41) is 9.87. The van der Waals surface area contributed by atoms with Crippen LogP contribution < -0.4 is 0 Å². The summed E-state index contributed by atoms with van der Waals surface area (Å²) in [7, 11) is 0. The zero-order chi connectivity index (χ0) is 9.71. The fraction of sp³-hybridized carbons (Fsp3) is 0.727. The van der Waals surface area contributed by atoms with Crippen LogP contribution in [0.1, 0.15) is 25.7 Å². The van der Waals surface area contributed by atoms with Gasteiger partial charge in [0.25, 0.3) is 0 Å². The van der Waals surface area contributed by atoms with E-state index in [0.717, 1.165) is 19.3 Å². The van der Waals surface area contributed by atoms with Crippen LogP contribution in [0.5, 0.6) is 0 Å². The largest absolute Gasteiger partial charge is 0.461 e. The van der Waals surface area contributed by atoms with Gasteiger partial charge in [-0.3, -0.25) is 4.79 Å². The molecule has 3 heteroatoms. The van der Waals surface area contributed by atoms with Crippen molar-refractivity contribution in [2.45, 2.75) is 37.9 Å². The molecule has 1 N–H and O–H groups in total. The first-order valence-electron chi connectivity index (χ1n) is 5.32. The van der Waals surface area contributed by atoms with Crippen LogP contribution >= 0.6 is 0 Å². The molecule has 3 aliphatic rings. The van der Waals surface area contributed by atoms with E-state index in [9.17, 15) is 9.90 Å². The van der Waals surface area contributed by atoms with Crippen molar-refractivity contribution < 1.29 is 14.6 Å². The average molecular weight is 194 g/mol. The number of hydrogen-bond acceptors (Lipinski definition) is 3. The predicted molar refractivity (Wildman–Crippen MR) is 49.4 cm³/mol. The smallest absolute Gasteiger partial charge is 0.306 e. The molecule has 2 aliphatic carbocycles. The molecular weight excluding hydrogens is 180 g/mol. The highest BCUT2D eigenvalue weighted by molar-refractivity contribution is 5.72. The number of fused-ring (bicyclic) bond motifs is 3. The average Bonchev–Trinajstić information content (AvgIpc) is 2.69. The fourth-order valence-electron chi connectivity index (χ4n) is 3.12. The Labute approximate surface area is 82.8 Å². The molecule has 0 aromatic heterocycles. The second-order valence-electron chi connectivity index (χ2n) is 4.56. The number of allylic oxidation sites excluding steroid dienone is 1. The third-order valence-electron chi connectivity index (χ3n) is 3.79. The number of rotatable bonds is 0. The Morgan fingerprint density at radius 2 is 2.29 bits per heavy atom. The molecule has 4 atom stereocenters. The summed E-state index contributed by atoms with van der Waals surface area (Å²) in [6.07, 6.45) is 5.14. The molecule has 1 heterocycles. The first-order valence-corrected chi connectivity index (χ1v) is 5.32. The molecule has 4 unspecified atom stereocenters. The lowest BCUT2D eigenvalue weighted by molar-refractivity contribution is -0.143. The third kappa shape index (κ3) is 1.05. The first kappa shape index (κ1) is 8.48. The second-order valence-corrected chi connectivity index (χ2v) is 4.56. The summed E-state index contributed by atoms with van der Waals surface area (Å²) in [5.74, 6) is 0.338. The highest BCUT2D eigenvalue weighted by Crippen LogP contribution is 2.46. The van der Waals surface area contributed by atoms with Gasteiger partial charge in [-0.25, -0.2) is 0 Å². The normalized spacial score (nSPS) is 45.5. The van der Waals surface area contributed by atoms with Crippen molar-refractivity contribution in [3.63, 3.8) is 0 Å². The zero-order valence-electron chi connectivity index (χ0n) is 7.98. The summed E-state index contributed by atoms with van der Waals surface area (Å²) in [6, 6.07) is 0. The lowest BCUT2D eigenvalue weighted by atomic mass is 9.75. The van der Waals surface area contributed by atoms with E-state index in [1.165, 1.54) is 5.57 Å². The van der Waals surface area contributed by atoms with Crippen LogP contribution in [0.2, 0.25) is 0 Å². The summed E-state index contributed by atoms with van der Waals surface area (Å²) >= 11 is 0. The van der Waals surface area contributed by atoms with Crippen molar-refractivity contribution in [1.82, 2.24) is 0 Å². The monoisotopic (exact) mass is 194 g/mol. The van der Waals surface area contributed by atoms with Crippen LogP contribution in [0.15, 0.2) is 11.6 Å². The highest BCUT2D eigenvalue weighted by atomic mass is 16.6. The van der Waals surface area contributed by atoms with Gasteiger partial charge in [-0.1, -0.05) is 11.6 Å². The number of hydrogen-bond donors (Lipinski definition) is 1. The molecule has 0 aromatic rings. The predicted octanol–water partition coefficient (Wildman–Crippen LogP) is 1.02. The van der Waals surface area contributed by atoms with Gasteiger partial charge in [0.1, 0.15) is 6.10 Å². The molecule has 0 bridgehead atoms. The number of aliphatic hydroxyl groups is 1. The molecule has 3 rings (SSSR count). The molecule has 0 amide bonds. The summed E-state index contributed by atoms with van der Waals surface area (Å²) < 4.78 is 5.31. The van der Waals surface area contributed by atoms with Crippen molar-refractivity contribution in [3.05, 3.63) is 11.6 Å². The molecule has 0 spiro atoms. The molecule has 14 heavy (non-hydrogen) atoms. The van der Waals surface area contributed by atoms with Crippen LogP contribution in [0.25, 0.3) is 0 Å². The van der Waals surface area contributed by atoms with Gasteiger partial charge < -0.3 is 9.84 Å². The van der Waals surface area contributed by atoms with E-state index in [2.05, 4.69) is 6.08 Å². The number of aliphatic hydroxyl groups excluding tert-OH is 1. The molecule has 0 radical (unpaired) electrons. The van der Waals surface area contributed by atoms with E-state index < -0.39 is 0 Å². The van der Waals surface area contributed by atoms with Crippen LogP contribution in [0, 0.1) is 11.8 Å². The molecule has 0 aromatic carbocycles. The van der Waals surface area contributed by atoms with Crippen molar-refractivity contribution in [1.29, 1.82) is 0 Å². The van der Waals surface area contributed by atoms with Gasteiger partial charge in [0.05, 0.1) is 12.5 Å². The van der Waals surface area contributed by atoms with Gasteiger partial charge >= 0.3 is 5.97 Å². The summed E-state index contributed by atoms with van der Waals surface area (Å²) in [4.78, 5) is 11.2. The Bertz CT molecular complexity index is 308. The van der Waals surface area contributed by atoms with Gasteiger partial charge in [-0.15, -0.1) is 0 Å². The number of esters is 1. The Balaban J connectivity index is 1.92. The first-order chi connectivity index (χ1) is 6.75. The Morgan fingerprint density at radius 3 is 3.14 bits per heavy atom. The lowest BCUT2D eigenvalue weighted by Crippen LogP contribution is -2.39. The van der Waals surface area contributed by atoms with Crippen molar-refractivity contribution >= 4 is 5.97 Å². The van der Waals surface area contributed by atoms with Gasteiger partial charge in [0, 0.05) is 11.8 Å². The molecular formula is C11H14O3. The van der Waals surface area contributed by atoms with Crippen molar-refractivity contribution in [3.8, 4) is 0 Å². The van der Waals surface area contributed by atoms with E-state index in [0.29, 0.717) is 12.3 Å². The lowest BCUT2D eigenvalue weighted by Gasteiger charge is -2.34. The minimum Gasteiger partial charge on any atom is -0.461 e. The van der Waals surface area contributed by atoms with Crippen LogP contribution in [-0.2, 0) is 9.53 Å². The van der Waals surface area contributed by atoms with Gasteiger partial charge in [-0.2, -0.15) is 0 Å². The SMILES string of the molecule is O=C1CC2C(O)CC3=CCCC3C2O1. The van der Waals surface area contributed by atoms with Crippen LogP contribution in [0.3, 0.4) is 0 Å². The van der Waals surface area contributed by atoms with Crippen LogP contribution in [0.4, 0.5) is 0 Å². The quantitative estimate of drug-likeness (QED) is 0.462. The minimum atomic E-state index is -0.368. The number of carbonyl (C=O) groups excluding carboxylic acids is 1. The number of ether oxygens (including phenoxy) is 1. The standard InChI is InChI=1S/C11H14O3/c12-9-4-6-2-1-3-7(6)11-8(9)5-10(13)14-11/h2,7-9,11-12H,1,3-5H2. The minimum absolute atomic E-state index is 0.0278. The van der Waals surface area contributed by atoms with E-state index in [1.54, 1.807) is 0 Å². The Kier molecular flexibility index (Phi) is 1.71. The topological polar surface area (TPSA) is 46.5 Å². The Hall–Kier alpha value is -0.830. The van der Waals surface area contributed by atoms with E-state index in [-0.39, 0.29) is 24.1 Å². The summed E-state index contributed by atoms with van der Waals surface area (Å²) in [5.41, 5.74) is 1.31. The maximum atomic E-state index is 11.2. The second kappa shape index (κ2) is 2.83. The maximum absolute atomic E-state index is 11.2. The van der Waals surface area contributed by atoms with E-state index >= 15 is 0 Å². The van der Waals surface area contributed by atoms with E-state index in [1.807, 2.05) is 0 Å². The van der Waals surface area contributed by atoms with Gasteiger partial charge in [0.2, 0.25) is 0 Å².